The largest absolute Gasteiger partial charge is 0.458 e. The fraction of sp³-hybridized carbons (Fsp3) is 0.273. The van der Waals surface area contributed by atoms with Gasteiger partial charge in [-0.1, -0.05) is 24.3 Å². The van der Waals surface area contributed by atoms with Gasteiger partial charge in [-0.3, -0.25) is 9.59 Å². The van der Waals surface area contributed by atoms with Crippen molar-refractivity contribution in [2.75, 3.05) is 0 Å². The van der Waals surface area contributed by atoms with Gasteiger partial charge in [0.2, 0.25) is 0 Å². The summed E-state index contributed by atoms with van der Waals surface area (Å²) in [7, 11) is 0. The second-order valence-corrected chi connectivity index (χ2v) is 3.00. The fourth-order valence-electron chi connectivity index (χ4n) is 1.30. The summed E-state index contributed by atoms with van der Waals surface area (Å²) < 4.78 is 4.98. The average molecular weight is 192 g/mol. The molecule has 0 aromatic heterocycles. The van der Waals surface area contributed by atoms with Gasteiger partial charge < -0.3 is 4.74 Å². The number of carbonyl (C=O) groups excluding carboxylic acids is 2. The fourth-order valence-corrected chi connectivity index (χ4v) is 1.30. The molecule has 0 heterocycles. The molecule has 0 amide bonds. The first-order chi connectivity index (χ1) is 6.65. The van der Waals surface area contributed by atoms with Crippen molar-refractivity contribution in [1.82, 2.24) is 0 Å². The SMILES string of the molecule is CC(=O)OC(C)c1ccccc1C=O. The van der Waals surface area contributed by atoms with E-state index in [-0.39, 0.29) is 12.1 Å². The molecule has 0 aliphatic rings. The third-order valence-corrected chi connectivity index (χ3v) is 1.90. The minimum atomic E-state index is -0.381. The summed E-state index contributed by atoms with van der Waals surface area (Å²) >= 11 is 0. The molecule has 0 saturated carbocycles. The smallest absolute Gasteiger partial charge is 0.303 e. The minimum absolute atomic E-state index is 0.349. The summed E-state index contributed by atoms with van der Waals surface area (Å²) in [6, 6.07) is 7.05. The van der Waals surface area contributed by atoms with Crippen LogP contribution in [0.3, 0.4) is 0 Å². The number of hydrogen-bond acceptors (Lipinski definition) is 3. The van der Waals surface area contributed by atoms with E-state index in [1.165, 1.54) is 6.92 Å². The third kappa shape index (κ3) is 2.42. The Labute approximate surface area is 82.7 Å². The first-order valence-corrected chi connectivity index (χ1v) is 4.36. The number of aldehydes is 1. The normalized spacial score (nSPS) is 11.9. The number of esters is 1. The van der Waals surface area contributed by atoms with Gasteiger partial charge in [0.25, 0.3) is 0 Å². The van der Waals surface area contributed by atoms with Gasteiger partial charge >= 0.3 is 5.97 Å². The van der Waals surface area contributed by atoms with E-state index in [1.54, 1.807) is 25.1 Å². The quantitative estimate of drug-likeness (QED) is 0.544. The Bertz CT molecular complexity index is 344. The van der Waals surface area contributed by atoms with Crippen LogP contribution in [0, 0.1) is 0 Å². The zero-order valence-electron chi connectivity index (χ0n) is 8.19. The first kappa shape index (κ1) is 10.4. The van der Waals surface area contributed by atoms with Crippen LogP contribution >= 0.6 is 0 Å². The summed E-state index contributed by atoms with van der Waals surface area (Å²) in [5, 5.41) is 0. The number of ether oxygens (including phenoxy) is 1. The molecular weight excluding hydrogens is 180 g/mol. The van der Waals surface area contributed by atoms with Gasteiger partial charge in [-0.2, -0.15) is 0 Å². The molecule has 3 heteroatoms. The Morgan fingerprint density at radius 2 is 2.07 bits per heavy atom. The van der Waals surface area contributed by atoms with Crippen molar-refractivity contribution in [1.29, 1.82) is 0 Å². The maximum atomic E-state index is 10.7. The Kier molecular flexibility index (Phi) is 3.40. The topological polar surface area (TPSA) is 43.4 Å². The number of benzene rings is 1. The van der Waals surface area contributed by atoms with Crippen LogP contribution in [0.1, 0.15) is 35.9 Å². The van der Waals surface area contributed by atoms with E-state index in [2.05, 4.69) is 0 Å². The van der Waals surface area contributed by atoms with Crippen molar-refractivity contribution in [3.63, 3.8) is 0 Å². The van der Waals surface area contributed by atoms with E-state index in [4.69, 9.17) is 4.74 Å². The van der Waals surface area contributed by atoms with Gasteiger partial charge in [-0.15, -0.1) is 0 Å². The highest BCUT2D eigenvalue weighted by Gasteiger charge is 2.11. The van der Waals surface area contributed by atoms with Crippen molar-refractivity contribution < 1.29 is 14.3 Å². The highest BCUT2D eigenvalue weighted by Crippen LogP contribution is 2.19. The molecule has 3 nitrogen and oxygen atoms in total. The van der Waals surface area contributed by atoms with Crippen LogP contribution < -0.4 is 0 Å². The monoisotopic (exact) mass is 192 g/mol. The zero-order valence-corrected chi connectivity index (χ0v) is 8.19. The van der Waals surface area contributed by atoms with E-state index in [0.717, 1.165) is 11.8 Å². The molecule has 0 fully saturated rings. The lowest BCUT2D eigenvalue weighted by atomic mass is 10.0. The molecule has 0 aliphatic heterocycles. The van der Waals surface area contributed by atoms with Crippen LogP contribution in [0.2, 0.25) is 0 Å². The molecule has 0 spiro atoms. The maximum absolute atomic E-state index is 10.7. The molecule has 0 radical (unpaired) electrons. The standard InChI is InChI=1S/C11H12O3/c1-8(14-9(2)13)11-6-4-3-5-10(11)7-12/h3-8H,1-2H3. The van der Waals surface area contributed by atoms with Gasteiger partial charge in [-0.25, -0.2) is 0 Å². The predicted molar refractivity (Wildman–Crippen MR) is 52.0 cm³/mol. The third-order valence-electron chi connectivity index (χ3n) is 1.90. The summed E-state index contributed by atoms with van der Waals surface area (Å²) in [6.07, 6.45) is 0.379. The first-order valence-electron chi connectivity index (χ1n) is 4.36. The van der Waals surface area contributed by atoms with Crippen LogP contribution in [0.25, 0.3) is 0 Å². The van der Waals surface area contributed by atoms with Crippen molar-refractivity contribution in [2.24, 2.45) is 0 Å². The van der Waals surface area contributed by atoms with Gasteiger partial charge in [0.1, 0.15) is 12.4 Å². The molecular formula is C11H12O3. The van der Waals surface area contributed by atoms with E-state index in [1.807, 2.05) is 6.07 Å². The van der Waals surface area contributed by atoms with Crippen molar-refractivity contribution in [3.05, 3.63) is 35.4 Å². The number of hydrogen-bond donors (Lipinski definition) is 0. The number of rotatable bonds is 3. The highest BCUT2D eigenvalue weighted by atomic mass is 16.5. The molecule has 74 valence electrons. The molecule has 14 heavy (non-hydrogen) atoms. The van der Waals surface area contributed by atoms with Crippen molar-refractivity contribution in [2.45, 2.75) is 20.0 Å². The van der Waals surface area contributed by atoms with Gasteiger partial charge in [-0.05, 0) is 6.92 Å². The summed E-state index contributed by atoms with van der Waals surface area (Å²) in [4.78, 5) is 21.4. The molecule has 0 saturated heterocycles. The molecule has 1 rings (SSSR count). The van der Waals surface area contributed by atoms with Gasteiger partial charge in [0.15, 0.2) is 0 Å². The molecule has 1 unspecified atom stereocenters. The van der Waals surface area contributed by atoms with Crippen LogP contribution in [-0.2, 0) is 9.53 Å². The Balaban J connectivity index is 2.93. The minimum Gasteiger partial charge on any atom is -0.458 e. The van der Waals surface area contributed by atoms with Gasteiger partial charge in [0, 0.05) is 18.1 Å². The average Bonchev–Trinajstić information content (AvgIpc) is 2.16. The lowest BCUT2D eigenvalue weighted by Gasteiger charge is -2.13. The van der Waals surface area contributed by atoms with E-state index in [9.17, 15) is 9.59 Å². The van der Waals surface area contributed by atoms with Crippen LogP contribution in [0.5, 0.6) is 0 Å². The van der Waals surface area contributed by atoms with E-state index < -0.39 is 0 Å². The van der Waals surface area contributed by atoms with Crippen molar-refractivity contribution in [3.8, 4) is 0 Å². The second kappa shape index (κ2) is 4.56. The Hall–Kier alpha value is -1.64. The molecule has 0 bridgehead atoms. The zero-order chi connectivity index (χ0) is 10.6. The summed E-state index contributed by atoms with van der Waals surface area (Å²) in [5.41, 5.74) is 1.29. The molecule has 1 aromatic rings. The lowest BCUT2D eigenvalue weighted by molar-refractivity contribution is -0.145. The van der Waals surface area contributed by atoms with E-state index >= 15 is 0 Å². The van der Waals surface area contributed by atoms with Crippen molar-refractivity contribution >= 4 is 12.3 Å². The molecule has 1 aromatic carbocycles. The van der Waals surface area contributed by atoms with Crippen LogP contribution in [0.4, 0.5) is 0 Å². The highest BCUT2D eigenvalue weighted by molar-refractivity contribution is 5.77. The summed E-state index contributed by atoms with van der Waals surface area (Å²) in [5.74, 6) is -0.349. The second-order valence-electron chi connectivity index (χ2n) is 3.00. The number of carbonyl (C=O) groups is 2. The Morgan fingerprint density at radius 3 is 2.64 bits per heavy atom. The van der Waals surface area contributed by atoms with Gasteiger partial charge in [0.05, 0.1) is 0 Å². The van der Waals surface area contributed by atoms with Crippen LogP contribution in [-0.4, -0.2) is 12.3 Å². The molecule has 1 atom stereocenters. The summed E-state index contributed by atoms with van der Waals surface area (Å²) in [6.45, 7) is 3.09. The lowest BCUT2D eigenvalue weighted by Crippen LogP contribution is -2.06. The maximum Gasteiger partial charge on any atom is 0.303 e. The predicted octanol–water partition coefficient (Wildman–Crippen LogP) is 2.12. The molecule has 0 aliphatic carbocycles. The van der Waals surface area contributed by atoms with Crippen LogP contribution in [0.15, 0.2) is 24.3 Å². The van der Waals surface area contributed by atoms with E-state index in [0.29, 0.717) is 5.56 Å². The Morgan fingerprint density at radius 1 is 1.43 bits per heavy atom. The molecule has 0 N–H and O–H groups in total.